The summed E-state index contributed by atoms with van der Waals surface area (Å²) in [7, 11) is 1.30. The van der Waals surface area contributed by atoms with Crippen LogP contribution >= 0.6 is 20.6 Å². The molecule has 1 rings (SSSR count). The molecule has 1 aromatic carbocycles. The van der Waals surface area contributed by atoms with Gasteiger partial charge >= 0.3 is 131 Å². The van der Waals surface area contributed by atoms with E-state index in [9.17, 15) is 14.4 Å². The molecule has 0 spiro atoms. The van der Waals surface area contributed by atoms with Crippen molar-refractivity contribution < 1.29 is 25.3 Å². The predicted molar refractivity (Wildman–Crippen MR) is 83.1 cm³/mol. The van der Waals surface area contributed by atoms with E-state index >= 15 is 0 Å². The Balaban J connectivity index is 3.21. The first kappa shape index (κ1) is 17.4. The molecule has 7 heteroatoms. The van der Waals surface area contributed by atoms with E-state index in [2.05, 4.69) is 0 Å². The molecule has 0 radical (unpaired) electrons. The Morgan fingerprint density at radius 3 is 2.05 bits per heavy atom. The number of carbonyl (C=O) groups is 3. The molecule has 0 N–H and O–H groups in total. The van der Waals surface area contributed by atoms with Crippen LogP contribution in [-0.4, -0.2) is 25.0 Å². The molecule has 0 aliphatic carbocycles. The molecule has 1 aromatic rings. The molecule has 21 heavy (non-hydrogen) atoms. The predicted octanol–water partition coefficient (Wildman–Crippen LogP) is 2.60. The average molecular weight is 408 g/mol. The summed E-state index contributed by atoms with van der Waals surface area (Å²) in [5.41, 5.74) is 0.636. The molecule has 0 aliphatic heterocycles. The van der Waals surface area contributed by atoms with Gasteiger partial charge in [-0.05, 0) is 0 Å². The number of benzene rings is 1. The summed E-state index contributed by atoms with van der Waals surface area (Å²) in [6.07, 6.45) is 0. The second kappa shape index (κ2) is 7.96. The van der Waals surface area contributed by atoms with Gasteiger partial charge in [-0.2, -0.15) is 0 Å². The maximum absolute atomic E-state index is 11.7. The molecule has 1 atom stereocenters. The first-order chi connectivity index (χ1) is 9.86. The van der Waals surface area contributed by atoms with E-state index in [1.165, 1.54) is 21.0 Å². The van der Waals surface area contributed by atoms with Crippen molar-refractivity contribution in [2.45, 2.75) is 26.7 Å². The van der Waals surface area contributed by atoms with Crippen LogP contribution in [0.25, 0.3) is 0 Å². The molecule has 116 valence electrons. The molecule has 0 aromatic heterocycles. The van der Waals surface area contributed by atoms with E-state index in [-0.39, 0.29) is 0 Å². The number of carbonyl (C=O) groups excluding carboxylic acids is 3. The van der Waals surface area contributed by atoms with Gasteiger partial charge in [-0.3, -0.25) is 0 Å². The van der Waals surface area contributed by atoms with Crippen LogP contribution in [0.4, 0.5) is 0 Å². The molecule has 0 saturated carbocycles. The fourth-order valence-electron chi connectivity index (χ4n) is 1.57. The number of rotatable bonds is 5. The van der Waals surface area contributed by atoms with E-state index in [0.717, 1.165) is 0 Å². The summed E-state index contributed by atoms with van der Waals surface area (Å²) in [5, 5.41) is 0. The Morgan fingerprint density at radius 1 is 1.05 bits per heavy atom. The zero-order chi connectivity index (χ0) is 16.0. The third-order valence-electron chi connectivity index (χ3n) is 2.45. The molecule has 0 bridgehead atoms. The Morgan fingerprint density at radius 2 is 1.57 bits per heavy atom. The van der Waals surface area contributed by atoms with Crippen LogP contribution in [0.5, 0.6) is 0 Å². The molecule has 0 amide bonds. The summed E-state index contributed by atoms with van der Waals surface area (Å²) in [5.74, 6) is -2.01. The summed E-state index contributed by atoms with van der Waals surface area (Å²) >= 11 is -2.96. The van der Waals surface area contributed by atoms with Gasteiger partial charge in [0.1, 0.15) is 0 Å². The van der Waals surface area contributed by atoms with E-state index in [1.807, 2.05) is 0 Å². The number of hydrogen-bond donors (Lipinski definition) is 0. The molecular formula is C14H17IO6. The molecule has 0 saturated heterocycles. The molecule has 0 fully saturated rings. The monoisotopic (exact) mass is 408 g/mol. The Labute approximate surface area is 131 Å². The van der Waals surface area contributed by atoms with Crippen molar-refractivity contribution >= 4 is 38.6 Å². The fourth-order valence-corrected chi connectivity index (χ4v) is 4.91. The SMILES string of the molecule is COC(=O)[C@H](C)c1ccccc1I(OC(C)=O)OC(C)=O. The third kappa shape index (κ3) is 5.00. The van der Waals surface area contributed by atoms with Crippen LogP contribution in [0.15, 0.2) is 24.3 Å². The third-order valence-corrected chi connectivity index (χ3v) is 6.42. The Bertz CT molecular complexity index is 526. The summed E-state index contributed by atoms with van der Waals surface area (Å²) in [6, 6.07) is 6.92. The normalized spacial score (nSPS) is 12.1. The van der Waals surface area contributed by atoms with E-state index < -0.39 is 44.5 Å². The summed E-state index contributed by atoms with van der Waals surface area (Å²) in [4.78, 5) is 34.1. The van der Waals surface area contributed by atoms with E-state index in [0.29, 0.717) is 9.13 Å². The van der Waals surface area contributed by atoms with Gasteiger partial charge in [0.15, 0.2) is 0 Å². The van der Waals surface area contributed by atoms with Gasteiger partial charge in [0.2, 0.25) is 0 Å². The number of ether oxygens (including phenoxy) is 1. The van der Waals surface area contributed by atoms with Crippen molar-refractivity contribution in [2.24, 2.45) is 0 Å². The maximum atomic E-state index is 11.7. The van der Waals surface area contributed by atoms with E-state index in [4.69, 9.17) is 10.9 Å². The van der Waals surface area contributed by atoms with Crippen LogP contribution < -0.4 is 0 Å². The standard InChI is InChI=1S/C14H17IO6/c1-9(14(18)19-4)12-7-5-6-8-13(12)15(20-10(2)16)21-11(3)17/h5-9H,1-4H3/t9-/m1/s1. The fraction of sp³-hybridized carbons (Fsp3) is 0.357. The zero-order valence-electron chi connectivity index (χ0n) is 12.2. The number of esters is 1. The number of hydrogen-bond acceptors (Lipinski definition) is 6. The Hall–Kier alpha value is -1.64. The van der Waals surface area contributed by atoms with Crippen molar-refractivity contribution in [3.63, 3.8) is 0 Å². The van der Waals surface area contributed by atoms with E-state index in [1.54, 1.807) is 31.2 Å². The molecule has 0 aliphatic rings. The molecule has 6 nitrogen and oxygen atoms in total. The van der Waals surface area contributed by atoms with Crippen LogP contribution in [0.1, 0.15) is 32.3 Å². The van der Waals surface area contributed by atoms with Crippen LogP contribution in [0, 0.1) is 3.57 Å². The minimum atomic E-state index is -2.96. The van der Waals surface area contributed by atoms with Gasteiger partial charge in [0, 0.05) is 0 Å². The quantitative estimate of drug-likeness (QED) is 0.551. The molecule has 0 unspecified atom stereocenters. The molecular weight excluding hydrogens is 391 g/mol. The Kier molecular flexibility index (Phi) is 6.60. The van der Waals surface area contributed by atoms with Gasteiger partial charge in [-0.25, -0.2) is 0 Å². The summed E-state index contributed by atoms with van der Waals surface area (Å²) < 4.78 is 15.7. The summed E-state index contributed by atoms with van der Waals surface area (Å²) in [6.45, 7) is 4.18. The van der Waals surface area contributed by atoms with Crippen LogP contribution in [0.3, 0.4) is 0 Å². The first-order valence-electron chi connectivity index (χ1n) is 6.11. The topological polar surface area (TPSA) is 78.9 Å². The van der Waals surface area contributed by atoms with Gasteiger partial charge in [0.25, 0.3) is 0 Å². The van der Waals surface area contributed by atoms with Gasteiger partial charge in [-0.1, -0.05) is 0 Å². The van der Waals surface area contributed by atoms with Gasteiger partial charge in [-0.15, -0.1) is 0 Å². The van der Waals surface area contributed by atoms with Gasteiger partial charge < -0.3 is 0 Å². The first-order valence-corrected chi connectivity index (χ1v) is 8.95. The second-order valence-corrected chi connectivity index (χ2v) is 7.40. The second-order valence-electron chi connectivity index (χ2n) is 4.12. The van der Waals surface area contributed by atoms with Crippen LogP contribution in [-0.2, 0) is 25.3 Å². The van der Waals surface area contributed by atoms with Crippen LogP contribution in [0.2, 0.25) is 0 Å². The van der Waals surface area contributed by atoms with Crippen molar-refractivity contribution in [2.75, 3.05) is 7.11 Å². The van der Waals surface area contributed by atoms with Gasteiger partial charge in [0.05, 0.1) is 0 Å². The zero-order valence-corrected chi connectivity index (χ0v) is 14.4. The number of methoxy groups -OCH3 is 1. The minimum absolute atomic E-state index is 0.413. The van der Waals surface area contributed by atoms with Crippen molar-refractivity contribution in [1.82, 2.24) is 0 Å². The molecule has 0 heterocycles. The number of halogens is 1. The van der Waals surface area contributed by atoms with Crippen molar-refractivity contribution in [3.05, 3.63) is 33.4 Å². The van der Waals surface area contributed by atoms with Crippen molar-refractivity contribution in [1.29, 1.82) is 0 Å². The average Bonchev–Trinajstić information content (AvgIpc) is 2.44. The van der Waals surface area contributed by atoms with Crippen molar-refractivity contribution in [3.8, 4) is 0 Å².